The van der Waals surface area contributed by atoms with E-state index in [1.807, 2.05) is 73.7 Å². The summed E-state index contributed by atoms with van der Waals surface area (Å²) < 4.78 is 28.6. The van der Waals surface area contributed by atoms with Gasteiger partial charge in [0.25, 0.3) is 10.0 Å². The topological polar surface area (TPSA) is 66.5 Å². The summed E-state index contributed by atoms with van der Waals surface area (Å²) in [6.07, 6.45) is 0. The molecule has 0 spiro atoms. The number of rotatable bonds is 9. The molecule has 0 bridgehead atoms. The fourth-order valence-electron chi connectivity index (χ4n) is 4.29. The normalized spacial score (nSPS) is 12.2. The average molecular weight is 513 g/mol. The molecule has 0 aromatic heterocycles. The zero-order valence-corrected chi connectivity index (χ0v) is 22.2. The van der Waals surface area contributed by atoms with Crippen molar-refractivity contribution in [3.63, 3.8) is 0 Å². The van der Waals surface area contributed by atoms with Crippen molar-refractivity contribution in [3.8, 4) is 0 Å². The lowest BCUT2D eigenvalue weighted by atomic mass is 9.95. The number of anilines is 1. The summed E-state index contributed by atoms with van der Waals surface area (Å²) in [5.74, 6) is -0.0955. The monoisotopic (exact) mass is 512 g/mol. The maximum Gasteiger partial charge on any atom is 0.264 e. The van der Waals surface area contributed by atoms with E-state index in [9.17, 15) is 13.2 Å². The van der Waals surface area contributed by atoms with Gasteiger partial charge in [0.2, 0.25) is 5.91 Å². The number of benzene rings is 4. The first-order chi connectivity index (χ1) is 17.8. The minimum Gasteiger partial charge on any atom is -0.344 e. The van der Waals surface area contributed by atoms with Gasteiger partial charge in [-0.15, -0.1) is 0 Å². The van der Waals surface area contributed by atoms with Gasteiger partial charge in [-0.05, 0) is 59.4 Å². The zero-order chi connectivity index (χ0) is 26.4. The van der Waals surface area contributed by atoms with Gasteiger partial charge in [-0.3, -0.25) is 9.10 Å². The van der Waals surface area contributed by atoms with Crippen LogP contribution in [0, 0.1) is 6.92 Å². The molecule has 0 radical (unpaired) electrons. The number of carbonyl (C=O) groups is 1. The third kappa shape index (κ3) is 6.09. The molecule has 190 valence electrons. The number of carbonyl (C=O) groups excluding carboxylic acids is 1. The van der Waals surface area contributed by atoms with Crippen molar-refractivity contribution in [2.24, 2.45) is 0 Å². The summed E-state index contributed by atoms with van der Waals surface area (Å²) in [5.41, 5.74) is 4.45. The highest BCUT2D eigenvalue weighted by Gasteiger charge is 2.28. The minimum atomic E-state index is -3.98. The van der Waals surface area contributed by atoms with E-state index in [0.29, 0.717) is 11.6 Å². The average Bonchev–Trinajstić information content (AvgIpc) is 2.92. The van der Waals surface area contributed by atoms with Crippen LogP contribution in [0.25, 0.3) is 0 Å². The Morgan fingerprint density at radius 1 is 0.757 bits per heavy atom. The van der Waals surface area contributed by atoms with Gasteiger partial charge in [0.05, 0.1) is 16.6 Å². The molecule has 0 aliphatic heterocycles. The van der Waals surface area contributed by atoms with E-state index < -0.39 is 22.0 Å². The molecular weight excluding hydrogens is 480 g/mol. The van der Waals surface area contributed by atoms with Gasteiger partial charge in [0.15, 0.2) is 0 Å². The van der Waals surface area contributed by atoms with E-state index >= 15 is 0 Å². The van der Waals surface area contributed by atoms with Gasteiger partial charge < -0.3 is 5.32 Å². The molecule has 37 heavy (non-hydrogen) atoms. The van der Waals surface area contributed by atoms with Gasteiger partial charge in [-0.2, -0.15) is 0 Å². The molecule has 0 heterocycles. The first-order valence-corrected chi connectivity index (χ1v) is 13.8. The van der Waals surface area contributed by atoms with Crippen LogP contribution in [0.15, 0.2) is 114 Å². The Morgan fingerprint density at radius 3 is 1.92 bits per heavy atom. The number of hydrogen-bond donors (Lipinski definition) is 1. The highest BCUT2D eigenvalue weighted by atomic mass is 32.2. The Morgan fingerprint density at radius 2 is 1.32 bits per heavy atom. The van der Waals surface area contributed by atoms with Gasteiger partial charge in [0.1, 0.15) is 6.54 Å². The van der Waals surface area contributed by atoms with E-state index in [1.165, 1.54) is 4.31 Å². The van der Waals surface area contributed by atoms with Crippen molar-refractivity contribution >= 4 is 21.6 Å². The molecule has 0 fully saturated rings. The van der Waals surface area contributed by atoms with Crippen LogP contribution >= 0.6 is 0 Å². The fraction of sp³-hybridized carbons (Fsp3) is 0.194. The largest absolute Gasteiger partial charge is 0.344 e. The molecule has 1 N–H and O–H groups in total. The maximum absolute atomic E-state index is 13.7. The van der Waals surface area contributed by atoms with Crippen LogP contribution < -0.4 is 9.62 Å². The summed E-state index contributed by atoms with van der Waals surface area (Å²) in [4.78, 5) is 13.7. The molecule has 0 saturated heterocycles. The Labute approximate surface area is 219 Å². The van der Waals surface area contributed by atoms with Crippen LogP contribution in [-0.2, 0) is 14.8 Å². The standard InChI is InChI=1S/C31H32N2O3S/c1-23(2)25-18-20-27(21-19-25)33(37(35,36)28-15-8-5-9-16-28)22-30(34)32-31(26-13-6-4-7-14-26)29-17-11-10-12-24(29)3/h4-21,23,31H,22H2,1-3H3,(H,32,34)/t31-/m0/s1. The molecule has 4 aromatic rings. The fourth-order valence-corrected chi connectivity index (χ4v) is 5.74. The molecule has 1 atom stereocenters. The van der Waals surface area contributed by atoms with Crippen molar-refractivity contribution in [1.29, 1.82) is 0 Å². The number of aryl methyl sites for hydroxylation is 1. The second-order valence-corrected chi connectivity index (χ2v) is 11.2. The summed E-state index contributed by atoms with van der Waals surface area (Å²) in [5, 5.41) is 3.10. The van der Waals surface area contributed by atoms with E-state index in [-0.39, 0.29) is 11.4 Å². The van der Waals surface area contributed by atoms with E-state index in [0.717, 1.165) is 22.3 Å². The Balaban J connectivity index is 1.69. The highest BCUT2D eigenvalue weighted by molar-refractivity contribution is 7.92. The van der Waals surface area contributed by atoms with Gasteiger partial charge in [-0.25, -0.2) is 8.42 Å². The van der Waals surface area contributed by atoms with Crippen LogP contribution in [0.5, 0.6) is 0 Å². The van der Waals surface area contributed by atoms with Crippen molar-refractivity contribution in [3.05, 3.63) is 131 Å². The van der Waals surface area contributed by atoms with E-state index in [1.54, 1.807) is 42.5 Å². The van der Waals surface area contributed by atoms with E-state index in [2.05, 4.69) is 19.2 Å². The molecule has 4 aromatic carbocycles. The maximum atomic E-state index is 13.7. The summed E-state index contributed by atoms with van der Waals surface area (Å²) in [6, 6.07) is 32.7. The molecule has 0 aliphatic rings. The lowest BCUT2D eigenvalue weighted by molar-refractivity contribution is -0.120. The molecule has 5 nitrogen and oxygen atoms in total. The minimum absolute atomic E-state index is 0.134. The number of nitrogens with zero attached hydrogens (tertiary/aromatic N) is 1. The molecule has 0 saturated carbocycles. The van der Waals surface area contributed by atoms with Gasteiger partial charge in [0, 0.05) is 0 Å². The van der Waals surface area contributed by atoms with Crippen LogP contribution in [0.1, 0.15) is 48.1 Å². The Kier molecular flexibility index (Phi) is 8.09. The lowest BCUT2D eigenvalue weighted by Crippen LogP contribution is -2.42. The quantitative estimate of drug-likeness (QED) is 0.290. The number of hydrogen-bond acceptors (Lipinski definition) is 3. The molecular formula is C31H32N2O3S. The third-order valence-electron chi connectivity index (χ3n) is 6.40. The zero-order valence-electron chi connectivity index (χ0n) is 21.3. The van der Waals surface area contributed by atoms with Gasteiger partial charge in [-0.1, -0.05) is 98.8 Å². The smallest absolute Gasteiger partial charge is 0.264 e. The van der Waals surface area contributed by atoms with Crippen molar-refractivity contribution in [2.75, 3.05) is 10.8 Å². The van der Waals surface area contributed by atoms with Crippen LogP contribution in [0.3, 0.4) is 0 Å². The first-order valence-electron chi connectivity index (χ1n) is 12.3. The Hall–Kier alpha value is -3.90. The van der Waals surface area contributed by atoms with E-state index in [4.69, 9.17) is 0 Å². The van der Waals surface area contributed by atoms with Crippen LogP contribution in [-0.4, -0.2) is 20.9 Å². The third-order valence-corrected chi connectivity index (χ3v) is 8.19. The summed E-state index contributed by atoms with van der Waals surface area (Å²) >= 11 is 0. The lowest BCUT2D eigenvalue weighted by Gasteiger charge is -2.27. The number of amides is 1. The SMILES string of the molecule is Cc1ccccc1[C@@H](NC(=O)CN(c1ccc(C(C)C)cc1)S(=O)(=O)c1ccccc1)c1ccccc1. The van der Waals surface area contributed by atoms with Gasteiger partial charge >= 0.3 is 0 Å². The molecule has 6 heteroatoms. The number of nitrogens with one attached hydrogen (secondary N) is 1. The Bertz CT molecular complexity index is 1440. The molecule has 0 unspecified atom stereocenters. The van der Waals surface area contributed by atoms with Crippen LogP contribution in [0.4, 0.5) is 5.69 Å². The predicted octanol–water partition coefficient (Wildman–Crippen LogP) is 6.22. The van der Waals surface area contributed by atoms with Crippen molar-refractivity contribution < 1.29 is 13.2 Å². The van der Waals surface area contributed by atoms with Crippen molar-refractivity contribution in [1.82, 2.24) is 5.32 Å². The summed E-state index contributed by atoms with van der Waals surface area (Å²) in [6.45, 7) is 5.81. The molecule has 1 amide bonds. The highest BCUT2D eigenvalue weighted by Crippen LogP contribution is 2.28. The second kappa shape index (κ2) is 11.4. The summed E-state index contributed by atoms with van der Waals surface area (Å²) in [7, 11) is -3.98. The van der Waals surface area contributed by atoms with Crippen molar-refractivity contribution in [2.45, 2.75) is 37.6 Å². The molecule has 4 rings (SSSR count). The second-order valence-electron chi connectivity index (χ2n) is 9.34. The first kappa shape index (κ1) is 26.2. The number of sulfonamides is 1. The molecule has 0 aliphatic carbocycles. The predicted molar refractivity (Wildman–Crippen MR) is 149 cm³/mol. The van der Waals surface area contributed by atoms with Crippen LogP contribution in [0.2, 0.25) is 0 Å².